The van der Waals surface area contributed by atoms with Crippen LogP contribution < -0.4 is 10.6 Å². The Labute approximate surface area is 127 Å². The predicted octanol–water partition coefficient (Wildman–Crippen LogP) is 3.96. The van der Waals surface area contributed by atoms with Crippen LogP contribution in [-0.4, -0.2) is 13.6 Å². The first-order chi connectivity index (χ1) is 9.10. The fourth-order valence-corrected chi connectivity index (χ4v) is 3.70. The van der Waals surface area contributed by atoms with Gasteiger partial charge in [0.25, 0.3) is 0 Å². The topological polar surface area (TPSA) is 29.3 Å². The van der Waals surface area contributed by atoms with Crippen LogP contribution in [0, 0.1) is 6.92 Å². The summed E-state index contributed by atoms with van der Waals surface area (Å²) >= 11 is 5.28. The van der Waals surface area contributed by atoms with E-state index in [-0.39, 0.29) is 0 Å². The highest BCUT2D eigenvalue weighted by atomic mass is 79.9. The van der Waals surface area contributed by atoms with Crippen molar-refractivity contribution in [1.82, 2.24) is 0 Å². The van der Waals surface area contributed by atoms with Crippen molar-refractivity contribution in [2.24, 2.45) is 5.73 Å². The number of nitrogens with zero attached hydrogens (tertiary/aromatic N) is 1. The van der Waals surface area contributed by atoms with Crippen LogP contribution in [0.15, 0.2) is 34.1 Å². The third-order valence-electron chi connectivity index (χ3n) is 3.07. The molecule has 1 aromatic heterocycles. The molecule has 2 N–H and O–H groups in total. The summed E-state index contributed by atoms with van der Waals surface area (Å²) in [6.07, 6.45) is 0.926. The largest absolute Gasteiger partial charge is 0.369 e. The molecule has 1 aromatic carbocycles. The van der Waals surface area contributed by atoms with Gasteiger partial charge < -0.3 is 10.6 Å². The van der Waals surface area contributed by atoms with Gasteiger partial charge in [0.05, 0.1) is 6.54 Å². The maximum absolute atomic E-state index is 5.71. The second-order valence-electron chi connectivity index (χ2n) is 4.76. The summed E-state index contributed by atoms with van der Waals surface area (Å²) in [5, 5.41) is 2.12. The lowest BCUT2D eigenvalue weighted by molar-refractivity contribution is 0.901. The maximum atomic E-state index is 5.71. The zero-order valence-electron chi connectivity index (χ0n) is 11.3. The highest BCUT2D eigenvalue weighted by Crippen LogP contribution is 2.26. The summed E-state index contributed by atoms with van der Waals surface area (Å²) in [6.45, 7) is 3.74. The minimum atomic E-state index is 0.689. The zero-order chi connectivity index (χ0) is 13.8. The molecule has 0 aliphatic carbocycles. The van der Waals surface area contributed by atoms with E-state index < -0.39 is 0 Å². The number of hydrogen-bond donors (Lipinski definition) is 1. The van der Waals surface area contributed by atoms with Crippen LogP contribution in [0.1, 0.15) is 16.0 Å². The molecule has 0 amide bonds. The van der Waals surface area contributed by atoms with Gasteiger partial charge in [0.15, 0.2) is 0 Å². The normalized spacial score (nSPS) is 10.7. The van der Waals surface area contributed by atoms with Crippen molar-refractivity contribution in [3.63, 3.8) is 0 Å². The molecule has 0 aliphatic rings. The monoisotopic (exact) mass is 338 g/mol. The van der Waals surface area contributed by atoms with E-state index in [1.54, 1.807) is 11.3 Å². The number of rotatable bonds is 5. The molecule has 2 nitrogen and oxygen atoms in total. The number of nitrogens with two attached hydrogens (primary N) is 1. The van der Waals surface area contributed by atoms with E-state index in [1.165, 1.54) is 21.7 Å². The van der Waals surface area contributed by atoms with Gasteiger partial charge in [0.2, 0.25) is 0 Å². The van der Waals surface area contributed by atoms with E-state index in [9.17, 15) is 0 Å². The smallest absolute Gasteiger partial charge is 0.0520 e. The van der Waals surface area contributed by atoms with Crippen molar-refractivity contribution < 1.29 is 0 Å². The van der Waals surface area contributed by atoms with E-state index >= 15 is 0 Å². The fourth-order valence-electron chi connectivity index (χ4n) is 2.20. The van der Waals surface area contributed by atoms with E-state index in [4.69, 9.17) is 5.73 Å². The summed E-state index contributed by atoms with van der Waals surface area (Å²) in [4.78, 5) is 3.65. The summed E-state index contributed by atoms with van der Waals surface area (Å²) in [5.74, 6) is 0. The molecule has 0 aliphatic heterocycles. The van der Waals surface area contributed by atoms with Crippen molar-refractivity contribution in [2.75, 3.05) is 18.5 Å². The molecule has 0 unspecified atom stereocenters. The number of anilines is 1. The Morgan fingerprint density at radius 1 is 1.32 bits per heavy atom. The Morgan fingerprint density at radius 2 is 2.11 bits per heavy atom. The summed E-state index contributed by atoms with van der Waals surface area (Å²) in [6, 6.07) is 8.78. The molecule has 1 heterocycles. The van der Waals surface area contributed by atoms with E-state index in [0.717, 1.165) is 17.4 Å². The van der Waals surface area contributed by atoms with Crippen LogP contribution in [0.2, 0.25) is 0 Å². The van der Waals surface area contributed by atoms with Crippen LogP contribution in [-0.2, 0) is 13.0 Å². The van der Waals surface area contributed by atoms with Crippen LogP contribution >= 0.6 is 27.3 Å². The molecule has 19 heavy (non-hydrogen) atoms. The van der Waals surface area contributed by atoms with E-state index in [0.29, 0.717) is 6.54 Å². The van der Waals surface area contributed by atoms with Crippen LogP contribution in [0.4, 0.5) is 5.69 Å². The molecule has 0 bridgehead atoms. The van der Waals surface area contributed by atoms with Crippen molar-refractivity contribution in [2.45, 2.75) is 19.9 Å². The first-order valence-corrected chi connectivity index (χ1v) is 8.01. The average molecular weight is 339 g/mol. The van der Waals surface area contributed by atoms with E-state index in [1.807, 2.05) is 0 Å². The number of thiophene rings is 1. The van der Waals surface area contributed by atoms with Gasteiger partial charge in [-0.3, -0.25) is 0 Å². The quantitative estimate of drug-likeness (QED) is 0.894. The third kappa shape index (κ3) is 3.81. The van der Waals surface area contributed by atoms with Crippen LogP contribution in [0.3, 0.4) is 0 Å². The van der Waals surface area contributed by atoms with Crippen molar-refractivity contribution in [1.29, 1.82) is 0 Å². The third-order valence-corrected chi connectivity index (χ3v) is 4.76. The first-order valence-electron chi connectivity index (χ1n) is 6.34. The lowest BCUT2D eigenvalue weighted by atomic mass is 10.1. The van der Waals surface area contributed by atoms with E-state index in [2.05, 4.69) is 64.4 Å². The van der Waals surface area contributed by atoms with Gasteiger partial charge in [-0.25, -0.2) is 0 Å². The average Bonchev–Trinajstić information content (AvgIpc) is 2.75. The van der Waals surface area contributed by atoms with Crippen LogP contribution in [0.5, 0.6) is 0 Å². The van der Waals surface area contributed by atoms with Gasteiger partial charge in [-0.15, -0.1) is 11.3 Å². The Kier molecular flexibility index (Phi) is 5.02. The molecule has 0 spiro atoms. The van der Waals surface area contributed by atoms with Gasteiger partial charge in [-0.1, -0.05) is 17.7 Å². The minimum Gasteiger partial charge on any atom is -0.369 e. The van der Waals surface area contributed by atoms with Crippen molar-refractivity contribution >= 4 is 33.0 Å². The summed E-state index contributed by atoms with van der Waals surface area (Å²) in [7, 11) is 2.14. The molecule has 0 fully saturated rings. The van der Waals surface area contributed by atoms with Crippen molar-refractivity contribution in [3.05, 3.63) is 50.1 Å². The minimum absolute atomic E-state index is 0.689. The van der Waals surface area contributed by atoms with Crippen molar-refractivity contribution in [3.8, 4) is 0 Å². The zero-order valence-corrected chi connectivity index (χ0v) is 13.7. The molecule has 0 atom stereocenters. The predicted molar refractivity (Wildman–Crippen MR) is 88.1 cm³/mol. The van der Waals surface area contributed by atoms with Crippen LogP contribution in [0.25, 0.3) is 0 Å². The molecular formula is C15H19BrN2S. The number of hydrogen-bond acceptors (Lipinski definition) is 3. The lowest BCUT2D eigenvalue weighted by Gasteiger charge is -2.22. The standard InChI is InChI=1S/C15H19BrN2S/c1-11-3-4-15(12(7-11)5-6-17)18(2)9-14-8-13(16)10-19-14/h3-4,7-8,10H,5-6,9,17H2,1-2H3. The van der Waals surface area contributed by atoms with Gasteiger partial charge in [-0.05, 0) is 53.5 Å². The lowest BCUT2D eigenvalue weighted by Crippen LogP contribution is -2.18. The first kappa shape index (κ1) is 14.6. The molecule has 0 saturated carbocycles. The molecular weight excluding hydrogens is 320 g/mol. The second kappa shape index (κ2) is 6.55. The Morgan fingerprint density at radius 3 is 2.74 bits per heavy atom. The highest BCUT2D eigenvalue weighted by molar-refractivity contribution is 9.10. The molecule has 4 heteroatoms. The van der Waals surface area contributed by atoms with Gasteiger partial charge in [0, 0.05) is 27.5 Å². The Hall–Kier alpha value is -0.840. The van der Waals surface area contributed by atoms with Gasteiger partial charge >= 0.3 is 0 Å². The SMILES string of the molecule is Cc1ccc(N(C)Cc2cc(Br)cs2)c(CCN)c1. The second-order valence-corrected chi connectivity index (χ2v) is 6.67. The van der Waals surface area contributed by atoms with Gasteiger partial charge in [0.1, 0.15) is 0 Å². The fraction of sp³-hybridized carbons (Fsp3) is 0.333. The number of halogens is 1. The Bertz CT molecular complexity index is 551. The summed E-state index contributed by atoms with van der Waals surface area (Å²) in [5.41, 5.74) is 9.62. The molecule has 102 valence electrons. The number of benzene rings is 1. The van der Waals surface area contributed by atoms with Gasteiger partial charge in [-0.2, -0.15) is 0 Å². The molecule has 2 rings (SSSR count). The summed E-state index contributed by atoms with van der Waals surface area (Å²) < 4.78 is 1.16. The molecule has 0 radical (unpaired) electrons. The molecule has 0 saturated heterocycles. The maximum Gasteiger partial charge on any atom is 0.0520 e. The highest BCUT2D eigenvalue weighted by Gasteiger charge is 2.09. The number of aryl methyl sites for hydroxylation is 1. The Balaban J connectivity index is 2.20. The molecule has 2 aromatic rings.